The Balaban J connectivity index is 1.89. The smallest absolute Gasteiger partial charge is 0.350 e. The summed E-state index contributed by atoms with van der Waals surface area (Å²) in [6.45, 7) is -0.803. The van der Waals surface area contributed by atoms with Crippen LogP contribution in [0.4, 0.5) is 10.2 Å². The van der Waals surface area contributed by atoms with E-state index in [1.807, 2.05) is 0 Å². The molecule has 2 aromatic heterocycles. The van der Waals surface area contributed by atoms with E-state index in [-0.39, 0.29) is 5.82 Å². The maximum absolute atomic E-state index is 12.8. The van der Waals surface area contributed by atoms with Crippen LogP contribution in [-0.2, 0) is 15.7 Å². The highest BCUT2D eigenvalue weighted by atomic mass is 31.2. The van der Waals surface area contributed by atoms with Crippen molar-refractivity contribution in [1.29, 1.82) is 0 Å². The summed E-state index contributed by atoms with van der Waals surface area (Å²) in [6, 6.07) is 0. The largest absolute Gasteiger partial charge is 0.381 e. The summed E-state index contributed by atoms with van der Waals surface area (Å²) in [6.07, 6.45) is 2.74. The molecule has 0 radical (unpaired) electrons. The van der Waals surface area contributed by atoms with Gasteiger partial charge < -0.3 is 20.3 Å². The summed E-state index contributed by atoms with van der Waals surface area (Å²) in [5.74, 6) is 0.271. The Morgan fingerprint density at radius 2 is 2.23 bits per heavy atom. The molecule has 2 rings (SSSR count). The highest BCUT2D eigenvalue weighted by Gasteiger charge is 2.18. The van der Waals surface area contributed by atoms with Crippen molar-refractivity contribution in [2.45, 2.75) is 25.4 Å². The number of hydrogen-bond acceptors (Lipinski definition) is 6. The molecule has 0 aliphatic rings. The van der Waals surface area contributed by atoms with Crippen LogP contribution < -0.4 is 5.73 Å². The van der Waals surface area contributed by atoms with Crippen molar-refractivity contribution >= 4 is 19.1 Å². The van der Waals surface area contributed by atoms with Gasteiger partial charge in [0.05, 0.1) is 18.0 Å². The van der Waals surface area contributed by atoms with Gasteiger partial charge in [0.15, 0.2) is 11.5 Å². The molecule has 2 aromatic rings. The van der Waals surface area contributed by atoms with E-state index in [1.165, 1.54) is 6.33 Å². The minimum atomic E-state index is -4.28. The predicted octanol–water partition coefficient (Wildman–Crippen LogP) is 0.519. The molecule has 22 heavy (non-hydrogen) atoms. The Hall–Kier alpha value is -1.61. The fourth-order valence-corrected chi connectivity index (χ4v) is 2.38. The van der Waals surface area contributed by atoms with E-state index in [9.17, 15) is 8.96 Å². The van der Waals surface area contributed by atoms with Gasteiger partial charge in [-0.25, -0.2) is 18.9 Å². The monoisotopic (exact) mass is 333 g/mol. The number of hydrogen-bond donors (Lipinski definition) is 3. The summed E-state index contributed by atoms with van der Waals surface area (Å²) < 4.78 is 29.9. The second kappa shape index (κ2) is 7.10. The Morgan fingerprint density at radius 3 is 2.91 bits per heavy atom. The molecule has 0 bridgehead atoms. The van der Waals surface area contributed by atoms with Gasteiger partial charge >= 0.3 is 7.60 Å². The molecule has 0 saturated carbocycles. The molecule has 0 saturated heterocycles. The van der Waals surface area contributed by atoms with Crippen molar-refractivity contribution < 1.29 is 23.5 Å². The SMILES string of the molecule is Nc1ncnn2c(CCC[C@H](CF)OCP(=O)(O)O)cnc12. The number of ether oxygens (including phenoxy) is 1. The zero-order valence-corrected chi connectivity index (χ0v) is 12.6. The van der Waals surface area contributed by atoms with E-state index in [0.29, 0.717) is 24.9 Å². The number of aromatic nitrogens is 4. The normalized spacial score (nSPS) is 13.6. The van der Waals surface area contributed by atoms with Crippen LogP contribution in [0.15, 0.2) is 12.5 Å². The van der Waals surface area contributed by atoms with E-state index < -0.39 is 26.7 Å². The van der Waals surface area contributed by atoms with Gasteiger partial charge in [-0.2, -0.15) is 5.10 Å². The number of fused-ring (bicyclic) bond motifs is 1. The molecular weight excluding hydrogens is 316 g/mol. The average Bonchev–Trinajstić information content (AvgIpc) is 2.86. The van der Waals surface area contributed by atoms with Gasteiger partial charge in [-0.05, 0) is 19.3 Å². The first-order valence-electron chi connectivity index (χ1n) is 6.56. The standard InChI is InChI=1S/C11H17FN5O4P/c12-4-9(21-7-22(18,19)20)3-1-2-8-5-14-11-10(13)15-6-16-17(8)11/h5-6,9H,1-4,7H2,(H2,13,15,16)(H2,18,19,20)/t9-/m1/s1. The summed E-state index contributed by atoms with van der Waals surface area (Å²) in [7, 11) is -4.28. The summed E-state index contributed by atoms with van der Waals surface area (Å²) in [4.78, 5) is 25.4. The first-order chi connectivity index (χ1) is 10.4. The Labute approximate surface area is 125 Å². The molecule has 122 valence electrons. The molecule has 9 nitrogen and oxygen atoms in total. The molecule has 0 aromatic carbocycles. The van der Waals surface area contributed by atoms with E-state index in [2.05, 4.69) is 15.1 Å². The lowest BCUT2D eigenvalue weighted by Crippen LogP contribution is -2.16. The van der Waals surface area contributed by atoms with Gasteiger partial charge in [-0.1, -0.05) is 0 Å². The van der Waals surface area contributed by atoms with Gasteiger partial charge in [0.25, 0.3) is 0 Å². The first kappa shape index (κ1) is 16.8. The average molecular weight is 333 g/mol. The molecule has 0 amide bonds. The quantitative estimate of drug-likeness (QED) is 0.595. The van der Waals surface area contributed by atoms with Gasteiger partial charge in [0, 0.05) is 0 Å². The lowest BCUT2D eigenvalue weighted by atomic mass is 10.1. The Kier molecular flexibility index (Phi) is 5.41. The van der Waals surface area contributed by atoms with Crippen LogP contribution in [0.1, 0.15) is 18.5 Å². The molecule has 0 fully saturated rings. The zero-order valence-electron chi connectivity index (χ0n) is 11.7. The Morgan fingerprint density at radius 1 is 1.45 bits per heavy atom. The van der Waals surface area contributed by atoms with Crippen molar-refractivity contribution in [2.24, 2.45) is 0 Å². The molecule has 0 aliphatic heterocycles. The van der Waals surface area contributed by atoms with E-state index in [4.69, 9.17) is 20.3 Å². The maximum atomic E-state index is 12.8. The van der Waals surface area contributed by atoms with Crippen LogP contribution in [0, 0.1) is 0 Å². The summed E-state index contributed by atoms with van der Waals surface area (Å²) in [5, 5.41) is 4.04. The number of nitrogens with two attached hydrogens (primary N) is 1. The highest BCUT2D eigenvalue weighted by molar-refractivity contribution is 7.51. The van der Waals surface area contributed by atoms with E-state index >= 15 is 0 Å². The number of halogens is 1. The molecule has 1 atom stereocenters. The molecule has 0 unspecified atom stereocenters. The zero-order chi connectivity index (χ0) is 16.2. The molecule has 0 aliphatic carbocycles. The van der Waals surface area contributed by atoms with Crippen molar-refractivity contribution in [3.63, 3.8) is 0 Å². The van der Waals surface area contributed by atoms with Crippen LogP contribution in [0.2, 0.25) is 0 Å². The molecule has 2 heterocycles. The summed E-state index contributed by atoms with van der Waals surface area (Å²) in [5.41, 5.74) is 6.91. The first-order valence-corrected chi connectivity index (χ1v) is 8.35. The second-order valence-corrected chi connectivity index (χ2v) is 6.35. The van der Waals surface area contributed by atoms with E-state index in [1.54, 1.807) is 10.7 Å². The summed E-state index contributed by atoms with van der Waals surface area (Å²) >= 11 is 0. The topological polar surface area (TPSA) is 136 Å². The van der Waals surface area contributed by atoms with E-state index in [0.717, 1.165) is 5.69 Å². The molecular formula is C11H17FN5O4P. The van der Waals surface area contributed by atoms with Crippen LogP contribution in [-0.4, -0.2) is 48.5 Å². The predicted molar refractivity (Wildman–Crippen MR) is 75.9 cm³/mol. The number of rotatable bonds is 8. The molecule has 11 heteroatoms. The van der Waals surface area contributed by atoms with Crippen molar-refractivity contribution in [3.8, 4) is 0 Å². The Bertz CT molecular complexity index is 676. The van der Waals surface area contributed by atoms with Gasteiger partial charge in [0.1, 0.15) is 19.3 Å². The number of anilines is 1. The van der Waals surface area contributed by atoms with Gasteiger partial charge in [-0.15, -0.1) is 0 Å². The third-order valence-electron chi connectivity index (χ3n) is 3.01. The van der Waals surface area contributed by atoms with Crippen LogP contribution in [0.25, 0.3) is 5.65 Å². The fraction of sp³-hybridized carbons (Fsp3) is 0.545. The van der Waals surface area contributed by atoms with Crippen LogP contribution in [0.3, 0.4) is 0 Å². The molecule has 0 spiro atoms. The van der Waals surface area contributed by atoms with Gasteiger partial charge in [0.2, 0.25) is 0 Å². The van der Waals surface area contributed by atoms with Crippen molar-refractivity contribution in [2.75, 3.05) is 18.8 Å². The number of imidazole rings is 1. The lowest BCUT2D eigenvalue weighted by Gasteiger charge is -2.14. The maximum Gasteiger partial charge on any atom is 0.350 e. The second-order valence-electron chi connectivity index (χ2n) is 4.76. The number of aryl methyl sites for hydroxylation is 1. The van der Waals surface area contributed by atoms with Gasteiger partial charge in [-0.3, -0.25) is 4.57 Å². The third kappa shape index (κ3) is 4.44. The van der Waals surface area contributed by atoms with Crippen molar-refractivity contribution in [1.82, 2.24) is 19.6 Å². The highest BCUT2D eigenvalue weighted by Crippen LogP contribution is 2.34. The fourth-order valence-electron chi connectivity index (χ4n) is 1.97. The minimum Gasteiger partial charge on any atom is -0.381 e. The third-order valence-corrected chi connectivity index (χ3v) is 3.50. The minimum absolute atomic E-state index is 0.271. The number of nitrogens with zero attached hydrogens (tertiary/aromatic N) is 4. The lowest BCUT2D eigenvalue weighted by molar-refractivity contribution is 0.0486. The number of alkyl halides is 1. The van der Waals surface area contributed by atoms with Crippen LogP contribution >= 0.6 is 7.60 Å². The van der Waals surface area contributed by atoms with Crippen LogP contribution in [0.5, 0.6) is 0 Å². The molecule has 4 N–H and O–H groups in total. The number of nitrogen functional groups attached to an aromatic ring is 1. The van der Waals surface area contributed by atoms with Crippen molar-refractivity contribution in [3.05, 3.63) is 18.2 Å².